The predicted molar refractivity (Wildman–Crippen MR) is 72.0 cm³/mol. The summed E-state index contributed by atoms with van der Waals surface area (Å²) in [5.74, 6) is -28.7. The Bertz CT molecular complexity index is 560. The van der Waals surface area contributed by atoms with E-state index in [0.717, 1.165) is 21.3 Å². The molecule has 0 heterocycles. The van der Waals surface area contributed by atoms with Crippen LogP contribution in [0.3, 0.4) is 0 Å². The van der Waals surface area contributed by atoms with Gasteiger partial charge in [0, 0.05) is 21.3 Å². The number of rotatable bonds is 10. The third-order valence-corrected chi connectivity index (χ3v) is 5.85. The Labute approximate surface area is 156 Å². The van der Waals surface area contributed by atoms with Crippen LogP contribution in [-0.2, 0) is 18.0 Å². The van der Waals surface area contributed by atoms with Gasteiger partial charge in [0.25, 0.3) is 0 Å². The van der Waals surface area contributed by atoms with Crippen LogP contribution in [0, 0.1) is 0 Å². The van der Waals surface area contributed by atoms with Crippen LogP contribution in [0.2, 0.25) is 0 Å². The third-order valence-electron chi connectivity index (χ3n) is 3.37. The molecule has 0 spiro atoms. The lowest BCUT2D eigenvalue weighted by Crippen LogP contribution is -2.67. The largest absolute Gasteiger partial charge is 0.520 e. The number of hydrogen-bond acceptors (Lipinski definition) is 5. The topological polar surface area (TPSA) is 66.0 Å². The molecule has 0 aliphatic carbocycles. The van der Waals surface area contributed by atoms with Gasteiger partial charge in [-0.3, -0.25) is 0 Å². The summed E-state index contributed by atoms with van der Waals surface area (Å²) < 4.78 is 158. The minimum Gasteiger partial charge on any atom is -0.443 e. The number of alkyl halides is 11. The summed E-state index contributed by atoms with van der Waals surface area (Å²) in [6.45, 7) is -2.96. The first-order valence-electron chi connectivity index (χ1n) is 6.92. The highest BCUT2D eigenvalue weighted by Crippen LogP contribution is 2.57. The van der Waals surface area contributed by atoms with Crippen molar-refractivity contribution in [3.63, 3.8) is 0 Å². The zero-order chi connectivity index (χ0) is 23.5. The van der Waals surface area contributed by atoms with E-state index in [2.05, 4.69) is 4.74 Å². The van der Waals surface area contributed by atoms with Gasteiger partial charge in [0.2, 0.25) is 0 Å². The van der Waals surface area contributed by atoms with E-state index in [9.17, 15) is 53.1 Å². The van der Waals surface area contributed by atoms with Crippen molar-refractivity contribution in [2.45, 2.75) is 29.9 Å². The fourth-order valence-electron chi connectivity index (χ4n) is 1.55. The number of carbonyl (C=O) groups is 1. The van der Waals surface area contributed by atoms with Crippen LogP contribution < -0.4 is 5.32 Å². The van der Waals surface area contributed by atoms with Crippen molar-refractivity contribution in [1.29, 1.82) is 0 Å². The molecule has 0 unspecified atom stereocenters. The van der Waals surface area contributed by atoms with Gasteiger partial charge in [-0.2, -0.15) is 48.3 Å². The molecule has 0 aliphatic rings. The first-order valence-corrected chi connectivity index (χ1v) is 8.86. The standard InChI is InChI=1S/C11H14F11NO5Si/c1-25-29(26-2,27-3)5-23-6(24)28-4-7(12,13)8(14,15)9(16,17)10(18,19)11(20,21)22/h4-5H2,1-3H3,(H,23,24). The van der Waals surface area contributed by atoms with Crippen LogP contribution >= 0.6 is 0 Å². The summed E-state index contributed by atoms with van der Waals surface area (Å²) in [7, 11) is -0.423. The maximum absolute atomic E-state index is 13.3. The van der Waals surface area contributed by atoms with Crippen molar-refractivity contribution >= 4 is 14.9 Å². The van der Waals surface area contributed by atoms with Crippen LogP contribution in [0.25, 0.3) is 0 Å². The lowest BCUT2D eigenvalue weighted by atomic mass is 9.98. The monoisotopic (exact) mass is 477 g/mol. The van der Waals surface area contributed by atoms with Gasteiger partial charge < -0.3 is 23.3 Å². The van der Waals surface area contributed by atoms with E-state index in [4.69, 9.17) is 13.3 Å². The molecule has 0 aliphatic heterocycles. The number of carbonyl (C=O) groups excluding carboxylic acids is 1. The third kappa shape index (κ3) is 5.21. The maximum Gasteiger partial charge on any atom is 0.520 e. The summed E-state index contributed by atoms with van der Waals surface area (Å²) in [4.78, 5) is 11.2. The molecule has 0 aromatic carbocycles. The number of nitrogens with one attached hydrogen (secondary N) is 1. The minimum absolute atomic E-state index is 0.695. The summed E-state index contributed by atoms with van der Waals surface area (Å²) in [6.07, 6.45) is -9.93. The summed E-state index contributed by atoms with van der Waals surface area (Å²) >= 11 is 0. The second kappa shape index (κ2) is 8.76. The molecule has 6 nitrogen and oxygen atoms in total. The van der Waals surface area contributed by atoms with Gasteiger partial charge in [0.1, 0.15) is 0 Å². The van der Waals surface area contributed by atoms with Crippen molar-refractivity contribution in [1.82, 2.24) is 5.32 Å². The van der Waals surface area contributed by atoms with Crippen LogP contribution in [0.4, 0.5) is 53.1 Å². The van der Waals surface area contributed by atoms with Crippen LogP contribution in [-0.4, -0.2) is 78.9 Å². The SMILES string of the molecule is CO[Si](CNC(=O)OCC(F)(F)C(F)(F)C(F)(F)C(F)(F)C(F)(F)F)(OC)OC. The fraction of sp³-hybridized carbons (Fsp3) is 0.909. The van der Waals surface area contributed by atoms with E-state index < -0.39 is 57.5 Å². The van der Waals surface area contributed by atoms with Crippen LogP contribution in [0.1, 0.15) is 0 Å². The molecule has 0 bridgehead atoms. The predicted octanol–water partition coefficient (Wildman–Crippen LogP) is 3.23. The molecule has 29 heavy (non-hydrogen) atoms. The highest BCUT2D eigenvalue weighted by Gasteiger charge is 2.87. The van der Waals surface area contributed by atoms with Crippen molar-refractivity contribution in [2.75, 3.05) is 34.1 Å². The molecule has 0 aromatic heterocycles. The second-order valence-corrected chi connectivity index (χ2v) is 8.09. The van der Waals surface area contributed by atoms with Crippen molar-refractivity contribution in [3.05, 3.63) is 0 Å². The smallest absolute Gasteiger partial charge is 0.443 e. The Morgan fingerprint density at radius 1 is 0.759 bits per heavy atom. The quantitative estimate of drug-likeness (QED) is 0.387. The highest BCUT2D eigenvalue weighted by molar-refractivity contribution is 6.61. The second-order valence-electron chi connectivity index (χ2n) is 5.15. The van der Waals surface area contributed by atoms with Crippen LogP contribution in [0.5, 0.6) is 0 Å². The van der Waals surface area contributed by atoms with E-state index in [1.165, 1.54) is 0 Å². The van der Waals surface area contributed by atoms with Gasteiger partial charge in [-0.05, 0) is 0 Å². The van der Waals surface area contributed by atoms with Crippen LogP contribution in [0.15, 0.2) is 0 Å². The zero-order valence-electron chi connectivity index (χ0n) is 14.6. The number of amides is 1. The van der Waals surface area contributed by atoms with Gasteiger partial charge in [-0.15, -0.1) is 0 Å². The van der Waals surface area contributed by atoms with Gasteiger partial charge in [-0.1, -0.05) is 0 Å². The number of alkyl carbamates (subject to hydrolysis) is 1. The van der Waals surface area contributed by atoms with Gasteiger partial charge in [0.15, 0.2) is 6.61 Å². The van der Waals surface area contributed by atoms with Crippen molar-refractivity contribution in [3.8, 4) is 0 Å². The Kier molecular flexibility index (Phi) is 8.34. The van der Waals surface area contributed by atoms with Gasteiger partial charge in [-0.25, -0.2) is 4.79 Å². The Balaban J connectivity index is 5.33. The molecule has 18 heteroatoms. The Morgan fingerprint density at radius 2 is 1.17 bits per heavy atom. The normalized spacial score (nSPS) is 14.7. The zero-order valence-corrected chi connectivity index (χ0v) is 15.6. The molecular weight excluding hydrogens is 463 g/mol. The molecular formula is C11H14F11NO5Si. The molecule has 0 saturated heterocycles. The molecule has 0 aromatic rings. The molecule has 0 radical (unpaired) electrons. The maximum atomic E-state index is 13.3. The first-order chi connectivity index (χ1) is 12.8. The van der Waals surface area contributed by atoms with E-state index >= 15 is 0 Å². The molecule has 0 fully saturated rings. The number of ether oxygens (including phenoxy) is 1. The molecule has 1 N–H and O–H groups in total. The van der Waals surface area contributed by atoms with Gasteiger partial charge >= 0.3 is 44.8 Å². The summed E-state index contributed by atoms with van der Waals surface area (Å²) in [6, 6.07) is 0. The number of hydrogen-bond donors (Lipinski definition) is 1. The lowest BCUT2D eigenvalue weighted by Gasteiger charge is -2.36. The average Bonchev–Trinajstić information content (AvgIpc) is 2.60. The summed E-state index contributed by atoms with van der Waals surface area (Å²) in [5.41, 5.74) is 0. The Hall–Kier alpha value is -1.40. The van der Waals surface area contributed by atoms with Gasteiger partial charge in [0.05, 0.1) is 6.17 Å². The van der Waals surface area contributed by atoms with Crippen molar-refractivity contribution in [2.24, 2.45) is 0 Å². The first kappa shape index (κ1) is 27.6. The lowest BCUT2D eigenvalue weighted by molar-refractivity contribution is -0.423. The number of halogens is 11. The molecule has 1 amide bonds. The van der Waals surface area contributed by atoms with E-state index in [0.29, 0.717) is 0 Å². The molecule has 174 valence electrons. The highest BCUT2D eigenvalue weighted by atomic mass is 28.4. The van der Waals surface area contributed by atoms with E-state index in [1.807, 2.05) is 0 Å². The van der Waals surface area contributed by atoms with Crippen molar-refractivity contribution < 1.29 is 71.1 Å². The summed E-state index contributed by atoms with van der Waals surface area (Å²) in [5, 5.41) is 1.63. The molecule has 0 atom stereocenters. The van der Waals surface area contributed by atoms with E-state index in [-0.39, 0.29) is 0 Å². The minimum atomic E-state index is -7.58. The fourth-order valence-corrected chi connectivity index (χ4v) is 2.84. The molecule has 0 saturated carbocycles. The average molecular weight is 477 g/mol. The Morgan fingerprint density at radius 3 is 1.52 bits per heavy atom. The molecule has 0 rings (SSSR count). The van der Waals surface area contributed by atoms with E-state index in [1.54, 1.807) is 5.32 Å².